The Bertz CT molecular complexity index is 1330. The van der Waals surface area contributed by atoms with Crippen LogP contribution in [0.15, 0.2) is 24.3 Å². The molecule has 0 radical (unpaired) electrons. The molecule has 10 atom stereocenters. The van der Waals surface area contributed by atoms with E-state index in [0.717, 1.165) is 25.4 Å². The monoisotopic (exact) mass is 590 g/mol. The third kappa shape index (κ3) is 3.85. The van der Waals surface area contributed by atoms with Crippen molar-refractivity contribution in [3.63, 3.8) is 0 Å². The molecule has 5 nitrogen and oxygen atoms in total. The van der Waals surface area contributed by atoms with Crippen LogP contribution in [0.1, 0.15) is 133 Å². The lowest BCUT2D eigenvalue weighted by molar-refractivity contribution is -0.252. The maximum atomic E-state index is 13.4. The maximum absolute atomic E-state index is 13.4. The van der Waals surface area contributed by atoms with Gasteiger partial charge in [-0.2, -0.15) is 0 Å². The molecule has 0 aromatic heterocycles. The summed E-state index contributed by atoms with van der Waals surface area (Å²) in [6, 6.07) is 6.43. The molecule has 1 aromatic carbocycles. The smallest absolute Gasteiger partial charge is 0.339 e. The third-order valence-electron chi connectivity index (χ3n) is 15.7. The highest BCUT2D eigenvalue weighted by Crippen LogP contribution is 2.78. The number of rotatable bonds is 3. The molecule has 236 valence electrons. The Hall–Kier alpha value is -1.88. The molecule has 5 heteroatoms. The van der Waals surface area contributed by atoms with Crippen LogP contribution in [0.3, 0.4) is 0 Å². The number of carbonyl (C=O) groups is 2. The molecular weight excluding hydrogens is 536 g/mol. The highest BCUT2D eigenvalue weighted by molar-refractivity contribution is 6.02. The number of carboxylic acid groups (broad SMARTS) is 1. The Morgan fingerprint density at radius 3 is 2.21 bits per heavy atom. The number of hydrogen-bond acceptors (Lipinski definition) is 4. The van der Waals surface area contributed by atoms with Crippen LogP contribution in [0.5, 0.6) is 0 Å². The molecule has 1 N–H and O–H groups in total. The van der Waals surface area contributed by atoms with Gasteiger partial charge in [0.2, 0.25) is 0 Å². The van der Waals surface area contributed by atoms with Crippen molar-refractivity contribution in [3.8, 4) is 0 Å². The summed E-state index contributed by atoms with van der Waals surface area (Å²) in [6.07, 6.45) is 12.4. The molecule has 1 aromatic rings. The summed E-state index contributed by atoms with van der Waals surface area (Å²) in [7, 11) is 0. The first-order chi connectivity index (χ1) is 20.1. The van der Waals surface area contributed by atoms with E-state index in [1.165, 1.54) is 57.4 Å². The minimum Gasteiger partial charge on any atom is -0.478 e. The molecule has 1 saturated heterocycles. The van der Waals surface area contributed by atoms with Gasteiger partial charge in [-0.25, -0.2) is 9.59 Å². The van der Waals surface area contributed by atoms with Crippen LogP contribution in [-0.4, -0.2) is 35.9 Å². The van der Waals surface area contributed by atoms with Crippen molar-refractivity contribution in [2.45, 2.75) is 125 Å². The average molecular weight is 591 g/mol. The highest BCUT2D eigenvalue weighted by Gasteiger charge is 2.73. The summed E-state index contributed by atoms with van der Waals surface area (Å²) in [5, 5.41) is 9.66. The lowest BCUT2D eigenvalue weighted by Gasteiger charge is -2.73. The molecule has 43 heavy (non-hydrogen) atoms. The fourth-order valence-corrected chi connectivity index (χ4v) is 13.2. The SMILES string of the molecule is CC1(C)CC[C@]23CC[C@]4(C)[C@@H](CC[C@@H]5[C@@]6(C)CC[C@@H](OC(=O)c7ccccc7C(=O)O)C(C)(C)[C@H]6CC[C@]54C)[C@H]2[C@H]1OC3. The summed E-state index contributed by atoms with van der Waals surface area (Å²) in [6.45, 7) is 18.5. The molecular formula is C38H54O5. The van der Waals surface area contributed by atoms with Gasteiger partial charge in [0, 0.05) is 5.41 Å². The number of carbonyl (C=O) groups excluding carboxylic acids is 1. The van der Waals surface area contributed by atoms with E-state index in [4.69, 9.17) is 9.47 Å². The first-order valence-corrected chi connectivity index (χ1v) is 17.3. The molecule has 2 bridgehead atoms. The molecule has 5 aliphatic carbocycles. The molecule has 5 saturated carbocycles. The number of aromatic carboxylic acids is 1. The van der Waals surface area contributed by atoms with Gasteiger partial charge >= 0.3 is 11.9 Å². The zero-order chi connectivity index (χ0) is 30.8. The fourth-order valence-electron chi connectivity index (χ4n) is 13.2. The molecule has 0 spiro atoms. The molecule has 6 fully saturated rings. The summed E-state index contributed by atoms with van der Waals surface area (Å²) < 4.78 is 13.0. The van der Waals surface area contributed by atoms with Gasteiger partial charge in [0.15, 0.2) is 0 Å². The Labute approximate surface area is 258 Å². The number of hydrogen-bond donors (Lipinski definition) is 1. The van der Waals surface area contributed by atoms with Gasteiger partial charge in [0.05, 0.1) is 23.8 Å². The van der Waals surface area contributed by atoms with Gasteiger partial charge in [-0.15, -0.1) is 0 Å². The zero-order valence-electron chi connectivity index (χ0n) is 27.6. The number of fused-ring (bicyclic) bond motifs is 5. The average Bonchev–Trinajstić information content (AvgIpc) is 3.29. The molecule has 1 heterocycles. The standard InChI is InChI=1S/C38H54O5/c1-33(2)18-20-38-21-19-36(6)25(29(38)30(33)42-22-38)12-13-27-35(5)16-15-28(34(3,4)26(35)14-17-37(27,36)7)43-32(41)24-11-9-8-10-23(24)31(39)40/h8-11,25-30H,12-22H2,1-7H3,(H,39,40)/t25-,26+,27+,28+,29-,30+,35-,36+,37+,38+/m0/s1. The van der Waals surface area contributed by atoms with Crippen LogP contribution < -0.4 is 0 Å². The summed E-state index contributed by atoms with van der Waals surface area (Å²) in [5.74, 6) is 0.976. The Kier molecular flexibility index (Phi) is 6.47. The lowest BCUT2D eigenvalue weighted by atomic mass is 9.31. The molecule has 7 rings (SSSR count). The van der Waals surface area contributed by atoms with Crippen molar-refractivity contribution >= 4 is 11.9 Å². The topological polar surface area (TPSA) is 72.8 Å². The number of esters is 1. The highest BCUT2D eigenvalue weighted by atomic mass is 16.5. The molecule has 1 aliphatic heterocycles. The second-order valence-corrected chi connectivity index (χ2v) is 17.9. The van der Waals surface area contributed by atoms with Crippen molar-refractivity contribution in [3.05, 3.63) is 35.4 Å². The first kappa shape index (κ1) is 29.8. The zero-order valence-corrected chi connectivity index (χ0v) is 27.6. The quantitative estimate of drug-likeness (QED) is 0.356. The van der Waals surface area contributed by atoms with E-state index >= 15 is 0 Å². The van der Waals surface area contributed by atoms with Gasteiger partial charge in [-0.05, 0) is 127 Å². The van der Waals surface area contributed by atoms with Crippen LogP contribution >= 0.6 is 0 Å². The predicted octanol–water partition coefficient (Wildman–Crippen LogP) is 8.80. The maximum Gasteiger partial charge on any atom is 0.339 e. The minimum absolute atomic E-state index is 0.0128. The lowest BCUT2D eigenvalue weighted by Crippen LogP contribution is -2.68. The second kappa shape index (κ2) is 9.33. The van der Waals surface area contributed by atoms with Crippen LogP contribution in [-0.2, 0) is 9.47 Å². The molecule has 0 amide bonds. The van der Waals surface area contributed by atoms with E-state index in [0.29, 0.717) is 40.1 Å². The van der Waals surface area contributed by atoms with E-state index in [9.17, 15) is 14.7 Å². The number of carboxylic acids is 1. The number of ether oxygens (including phenoxy) is 2. The van der Waals surface area contributed by atoms with Gasteiger partial charge in [0.25, 0.3) is 0 Å². The van der Waals surface area contributed by atoms with E-state index in [-0.39, 0.29) is 33.5 Å². The first-order valence-electron chi connectivity index (χ1n) is 17.3. The van der Waals surface area contributed by atoms with Crippen LogP contribution in [0.25, 0.3) is 0 Å². The van der Waals surface area contributed by atoms with Crippen molar-refractivity contribution in [1.29, 1.82) is 0 Å². The normalized spacial score (nSPS) is 47.3. The van der Waals surface area contributed by atoms with Crippen molar-refractivity contribution in [1.82, 2.24) is 0 Å². The van der Waals surface area contributed by atoms with Gasteiger partial charge in [-0.3, -0.25) is 0 Å². The Morgan fingerprint density at radius 1 is 0.791 bits per heavy atom. The predicted molar refractivity (Wildman–Crippen MR) is 167 cm³/mol. The van der Waals surface area contributed by atoms with Gasteiger partial charge < -0.3 is 14.6 Å². The Morgan fingerprint density at radius 2 is 1.49 bits per heavy atom. The van der Waals surface area contributed by atoms with E-state index < -0.39 is 11.9 Å². The number of benzene rings is 1. The van der Waals surface area contributed by atoms with Crippen molar-refractivity contribution < 1.29 is 24.2 Å². The summed E-state index contributed by atoms with van der Waals surface area (Å²) in [4.78, 5) is 25.2. The summed E-state index contributed by atoms with van der Waals surface area (Å²) >= 11 is 0. The van der Waals surface area contributed by atoms with Crippen LogP contribution in [0, 0.1) is 56.2 Å². The van der Waals surface area contributed by atoms with Crippen LogP contribution in [0.2, 0.25) is 0 Å². The van der Waals surface area contributed by atoms with E-state index in [2.05, 4.69) is 48.5 Å². The fraction of sp³-hybridized carbons (Fsp3) is 0.789. The van der Waals surface area contributed by atoms with Crippen molar-refractivity contribution in [2.75, 3.05) is 6.61 Å². The van der Waals surface area contributed by atoms with Crippen molar-refractivity contribution in [2.24, 2.45) is 56.2 Å². The largest absolute Gasteiger partial charge is 0.478 e. The van der Waals surface area contributed by atoms with Gasteiger partial charge in [0.1, 0.15) is 6.10 Å². The van der Waals surface area contributed by atoms with E-state index in [1.807, 2.05) is 0 Å². The minimum atomic E-state index is -1.09. The Balaban J connectivity index is 1.16. The van der Waals surface area contributed by atoms with Gasteiger partial charge in [-0.1, -0.05) is 60.6 Å². The summed E-state index contributed by atoms with van der Waals surface area (Å²) in [5.41, 5.74) is 1.49. The third-order valence-corrected chi connectivity index (χ3v) is 15.7. The molecule has 6 aliphatic rings. The molecule has 0 unspecified atom stereocenters. The van der Waals surface area contributed by atoms with E-state index in [1.54, 1.807) is 18.2 Å². The second-order valence-electron chi connectivity index (χ2n) is 17.9. The van der Waals surface area contributed by atoms with Crippen LogP contribution in [0.4, 0.5) is 0 Å².